The molecule has 0 saturated carbocycles. The van der Waals surface area contributed by atoms with Crippen LogP contribution in [0.2, 0.25) is 0 Å². The number of nitrogens with two attached hydrogens (primary N) is 1. The molecule has 0 fully saturated rings. The Morgan fingerprint density at radius 3 is 2.81 bits per heavy atom. The molecule has 2 N–H and O–H groups in total. The van der Waals surface area contributed by atoms with E-state index in [9.17, 15) is 9.18 Å². The molecule has 2 rings (SSSR count). The van der Waals surface area contributed by atoms with Gasteiger partial charge in [-0.1, -0.05) is 12.1 Å². The summed E-state index contributed by atoms with van der Waals surface area (Å²) in [5, 5.41) is 0.903. The van der Waals surface area contributed by atoms with E-state index in [0.717, 1.165) is 9.88 Å². The molecule has 1 aromatic heterocycles. The summed E-state index contributed by atoms with van der Waals surface area (Å²) in [7, 11) is 1.31. The number of rotatable bonds is 5. The molecule has 1 atom stereocenters. The molecular weight excluding hydrogens is 291 g/mol. The maximum absolute atomic E-state index is 13.5. The number of hydrogen-bond donors (Lipinski definition) is 1. The van der Waals surface area contributed by atoms with Crippen LogP contribution in [0.25, 0.3) is 0 Å². The molecular formula is C15H17FN2O2S. The zero-order valence-electron chi connectivity index (χ0n) is 11.9. The van der Waals surface area contributed by atoms with Crippen molar-refractivity contribution in [3.05, 3.63) is 51.7 Å². The Labute approximate surface area is 126 Å². The lowest BCUT2D eigenvalue weighted by Gasteiger charge is -2.29. The maximum Gasteiger partial charge on any atom is 0.317 e. The predicted octanol–water partition coefficient (Wildman–Crippen LogP) is 2.20. The minimum atomic E-state index is -1.10. The average Bonchev–Trinajstić information content (AvgIpc) is 2.89. The van der Waals surface area contributed by atoms with Gasteiger partial charge in [0.25, 0.3) is 0 Å². The first-order chi connectivity index (χ1) is 10.0. The zero-order valence-corrected chi connectivity index (χ0v) is 12.7. The zero-order chi connectivity index (χ0) is 15.5. The molecule has 0 spiro atoms. The van der Waals surface area contributed by atoms with E-state index in [-0.39, 0.29) is 6.54 Å². The highest BCUT2D eigenvalue weighted by atomic mass is 32.1. The molecule has 0 bridgehead atoms. The lowest BCUT2D eigenvalue weighted by atomic mass is 9.77. The van der Waals surface area contributed by atoms with Crippen molar-refractivity contribution in [3.63, 3.8) is 0 Å². The number of halogens is 1. The van der Waals surface area contributed by atoms with E-state index in [2.05, 4.69) is 4.98 Å². The van der Waals surface area contributed by atoms with Gasteiger partial charge in [-0.15, -0.1) is 11.3 Å². The standard InChI is InChI=1S/C15H17FN2O2S/c1-10-18-8-13(21-10)7-15(9-17,14(19)20-2)11-4-3-5-12(16)6-11/h3-6,8H,7,9,17H2,1-2H3. The van der Waals surface area contributed by atoms with E-state index in [1.54, 1.807) is 18.3 Å². The third-order valence-corrected chi connectivity index (χ3v) is 4.36. The van der Waals surface area contributed by atoms with Crippen molar-refractivity contribution in [2.75, 3.05) is 13.7 Å². The molecule has 1 aromatic carbocycles. The van der Waals surface area contributed by atoms with Crippen molar-refractivity contribution in [2.45, 2.75) is 18.8 Å². The van der Waals surface area contributed by atoms with Crippen molar-refractivity contribution < 1.29 is 13.9 Å². The van der Waals surface area contributed by atoms with Crippen molar-refractivity contribution in [1.82, 2.24) is 4.98 Å². The van der Waals surface area contributed by atoms with E-state index < -0.39 is 17.2 Å². The van der Waals surface area contributed by atoms with Gasteiger partial charge in [0.2, 0.25) is 0 Å². The Hall–Kier alpha value is -1.79. The number of ether oxygens (including phenoxy) is 1. The Balaban J connectivity index is 2.50. The fourth-order valence-electron chi connectivity index (χ4n) is 2.33. The summed E-state index contributed by atoms with van der Waals surface area (Å²) < 4.78 is 18.5. The van der Waals surface area contributed by atoms with Gasteiger partial charge in [-0.25, -0.2) is 9.37 Å². The topological polar surface area (TPSA) is 65.2 Å². The van der Waals surface area contributed by atoms with Gasteiger partial charge in [0.1, 0.15) is 11.2 Å². The summed E-state index contributed by atoms with van der Waals surface area (Å²) >= 11 is 1.49. The molecule has 4 nitrogen and oxygen atoms in total. The second-order valence-electron chi connectivity index (χ2n) is 4.81. The average molecular weight is 308 g/mol. The highest BCUT2D eigenvalue weighted by molar-refractivity contribution is 7.11. The number of methoxy groups -OCH3 is 1. The number of aromatic nitrogens is 1. The van der Waals surface area contributed by atoms with Crippen LogP contribution < -0.4 is 5.73 Å². The molecule has 0 aliphatic carbocycles. The monoisotopic (exact) mass is 308 g/mol. The van der Waals surface area contributed by atoms with Gasteiger partial charge in [0, 0.05) is 24.0 Å². The number of carbonyl (C=O) groups is 1. The number of thiazole rings is 1. The van der Waals surface area contributed by atoms with Crippen LogP contribution in [0.5, 0.6) is 0 Å². The predicted molar refractivity (Wildman–Crippen MR) is 79.7 cm³/mol. The minimum absolute atomic E-state index is 0.0279. The van der Waals surface area contributed by atoms with Gasteiger partial charge in [0.15, 0.2) is 0 Å². The first kappa shape index (κ1) is 15.6. The molecule has 6 heteroatoms. The molecule has 112 valence electrons. The van der Waals surface area contributed by atoms with E-state index in [1.165, 1.54) is 30.6 Å². The molecule has 0 radical (unpaired) electrons. The molecule has 0 aliphatic rings. The van der Waals surface area contributed by atoms with Crippen LogP contribution in [0.3, 0.4) is 0 Å². The van der Waals surface area contributed by atoms with Crippen molar-refractivity contribution >= 4 is 17.3 Å². The Morgan fingerprint density at radius 1 is 1.52 bits per heavy atom. The van der Waals surface area contributed by atoms with Crippen LogP contribution in [0, 0.1) is 12.7 Å². The van der Waals surface area contributed by atoms with Gasteiger partial charge in [0.05, 0.1) is 12.1 Å². The van der Waals surface area contributed by atoms with Crippen LogP contribution in [0.4, 0.5) is 4.39 Å². The molecule has 1 heterocycles. The number of aryl methyl sites for hydroxylation is 1. The van der Waals surface area contributed by atoms with Crippen LogP contribution in [0.15, 0.2) is 30.5 Å². The lowest BCUT2D eigenvalue weighted by molar-refractivity contribution is -0.147. The number of carbonyl (C=O) groups excluding carboxylic acids is 1. The summed E-state index contributed by atoms with van der Waals surface area (Å²) in [4.78, 5) is 17.4. The van der Waals surface area contributed by atoms with E-state index in [0.29, 0.717) is 12.0 Å². The van der Waals surface area contributed by atoms with Crippen LogP contribution in [-0.2, 0) is 21.4 Å². The van der Waals surface area contributed by atoms with Crippen LogP contribution in [0.1, 0.15) is 15.4 Å². The van der Waals surface area contributed by atoms with Gasteiger partial charge in [-0.05, 0) is 24.6 Å². The second-order valence-corrected chi connectivity index (χ2v) is 6.13. The van der Waals surface area contributed by atoms with E-state index in [1.807, 2.05) is 6.92 Å². The summed E-state index contributed by atoms with van der Waals surface area (Å²) in [6.07, 6.45) is 2.05. The quantitative estimate of drug-likeness (QED) is 0.860. The van der Waals surface area contributed by atoms with Crippen molar-refractivity contribution in [2.24, 2.45) is 5.73 Å². The summed E-state index contributed by atoms with van der Waals surface area (Å²) in [5.41, 5.74) is 5.30. The fraction of sp³-hybridized carbons (Fsp3) is 0.333. The van der Waals surface area contributed by atoms with Gasteiger partial charge >= 0.3 is 5.97 Å². The molecule has 0 saturated heterocycles. The largest absolute Gasteiger partial charge is 0.468 e. The molecule has 2 aromatic rings. The Kier molecular flexibility index (Phi) is 4.69. The van der Waals surface area contributed by atoms with Crippen LogP contribution in [-0.4, -0.2) is 24.6 Å². The number of hydrogen-bond acceptors (Lipinski definition) is 5. The van der Waals surface area contributed by atoms with Crippen molar-refractivity contribution in [1.29, 1.82) is 0 Å². The minimum Gasteiger partial charge on any atom is -0.468 e. The number of benzene rings is 1. The first-order valence-electron chi connectivity index (χ1n) is 6.47. The molecule has 1 unspecified atom stereocenters. The summed E-state index contributed by atoms with van der Waals surface area (Å²) in [5.74, 6) is -0.878. The Morgan fingerprint density at radius 2 is 2.29 bits per heavy atom. The number of nitrogens with zero attached hydrogens (tertiary/aromatic N) is 1. The van der Waals surface area contributed by atoms with E-state index >= 15 is 0 Å². The highest BCUT2D eigenvalue weighted by Crippen LogP contribution is 2.31. The van der Waals surface area contributed by atoms with Crippen LogP contribution >= 0.6 is 11.3 Å². The van der Waals surface area contributed by atoms with E-state index in [4.69, 9.17) is 10.5 Å². The smallest absolute Gasteiger partial charge is 0.317 e. The van der Waals surface area contributed by atoms with Crippen molar-refractivity contribution in [3.8, 4) is 0 Å². The highest BCUT2D eigenvalue weighted by Gasteiger charge is 2.41. The maximum atomic E-state index is 13.5. The fourth-order valence-corrected chi connectivity index (χ4v) is 3.24. The summed E-state index contributed by atoms with van der Waals surface area (Å²) in [6, 6.07) is 5.92. The third-order valence-electron chi connectivity index (χ3n) is 3.45. The number of esters is 1. The Bertz CT molecular complexity index is 644. The molecule has 0 amide bonds. The first-order valence-corrected chi connectivity index (χ1v) is 7.29. The SMILES string of the molecule is COC(=O)C(CN)(Cc1cnc(C)s1)c1cccc(F)c1. The lowest BCUT2D eigenvalue weighted by Crippen LogP contribution is -2.45. The van der Waals surface area contributed by atoms with Gasteiger partial charge in [-0.3, -0.25) is 4.79 Å². The van der Waals surface area contributed by atoms with Gasteiger partial charge < -0.3 is 10.5 Å². The summed E-state index contributed by atoms with van der Waals surface area (Å²) in [6.45, 7) is 1.92. The molecule has 21 heavy (non-hydrogen) atoms. The molecule has 0 aliphatic heterocycles. The second kappa shape index (κ2) is 6.32. The normalized spacial score (nSPS) is 13.7. The third kappa shape index (κ3) is 3.11. The van der Waals surface area contributed by atoms with Gasteiger partial charge in [-0.2, -0.15) is 0 Å².